The first-order valence-electron chi connectivity index (χ1n) is 7.17. The minimum Gasteiger partial charge on any atom is -0.381 e. The van der Waals surface area contributed by atoms with E-state index < -0.39 is 0 Å². The fraction of sp³-hybridized carbons (Fsp3) is 0.167. The number of rotatable bonds is 5. The van der Waals surface area contributed by atoms with E-state index in [1.807, 2.05) is 11.6 Å². The van der Waals surface area contributed by atoms with E-state index >= 15 is 0 Å². The Kier molecular flexibility index (Phi) is 4.31. The molecular weight excluding hydrogens is 276 g/mol. The van der Waals surface area contributed by atoms with Gasteiger partial charge in [-0.15, -0.1) is 11.3 Å². The average molecular weight is 294 g/mol. The van der Waals surface area contributed by atoms with Crippen molar-refractivity contribution in [2.24, 2.45) is 0 Å². The van der Waals surface area contributed by atoms with Crippen molar-refractivity contribution in [3.63, 3.8) is 0 Å². The molecule has 0 atom stereocenters. The molecule has 0 aliphatic heterocycles. The third-order valence-corrected chi connectivity index (χ3v) is 4.31. The van der Waals surface area contributed by atoms with Crippen molar-refractivity contribution in [2.45, 2.75) is 19.9 Å². The first-order chi connectivity index (χ1) is 10.3. The molecule has 0 fully saturated rings. The van der Waals surface area contributed by atoms with Crippen molar-refractivity contribution in [1.29, 1.82) is 0 Å². The van der Waals surface area contributed by atoms with Gasteiger partial charge in [-0.2, -0.15) is 0 Å². The second kappa shape index (κ2) is 6.55. The molecule has 2 aromatic carbocycles. The molecule has 21 heavy (non-hydrogen) atoms. The smallest absolute Gasteiger partial charge is 0.123 e. The van der Waals surface area contributed by atoms with Crippen LogP contribution in [-0.2, 0) is 13.0 Å². The number of aromatic nitrogens is 1. The Hall–Kier alpha value is -2.13. The number of aryl methyl sites for hydroxylation is 1. The Morgan fingerprint density at radius 1 is 0.952 bits per heavy atom. The minimum absolute atomic E-state index is 0.848. The molecule has 3 rings (SSSR count). The summed E-state index contributed by atoms with van der Waals surface area (Å²) in [5.74, 6) is 0. The number of nitrogens with one attached hydrogen (secondary N) is 1. The molecule has 0 aliphatic rings. The highest BCUT2D eigenvalue weighted by molar-refractivity contribution is 7.13. The van der Waals surface area contributed by atoms with E-state index in [1.54, 1.807) is 11.3 Å². The zero-order chi connectivity index (χ0) is 14.5. The van der Waals surface area contributed by atoms with E-state index in [0.29, 0.717) is 0 Å². The van der Waals surface area contributed by atoms with Gasteiger partial charge in [-0.05, 0) is 41.8 Å². The molecule has 0 saturated carbocycles. The highest BCUT2D eigenvalue weighted by Crippen LogP contribution is 2.23. The van der Waals surface area contributed by atoms with Crippen LogP contribution >= 0.6 is 11.3 Å². The molecule has 0 unspecified atom stereocenters. The lowest BCUT2D eigenvalue weighted by atomic mass is 10.1. The zero-order valence-electron chi connectivity index (χ0n) is 12.0. The van der Waals surface area contributed by atoms with Gasteiger partial charge in [0.25, 0.3) is 0 Å². The number of benzene rings is 2. The Morgan fingerprint density at radius 3 is 2.29 bits per heavy atom. The quantitative estimate of drug-likeness (QED) is 0.717. The Bertz CT molecular complexity index is 670. The predicted octanol–water partition coefficient (Wildman–Crippen LogP) is 4.98. The normalized spacial score (nSPS) is 10.5. The van der Waals surface area contributed by atoms with Crippen molar-refractivity contribution < 1.29 is 0 Å². The number of hydrogen-bond acceptors (Lipinski definition) is 3. The van der Waals surface area contributed by atoms with Gasteiger partial charge in [0.1, 0.15) is 5.01 Å². The Morgan fingerprint density at radius 2 is 1.67 bits per heavy atom. The van der Waals surface area contributed by atoms with E-state index in [2.05, 4.69) is 65.8 Å². The first kappa shape index (κ1) is 13.8. The number of nitrogens with zero attached hydrogens (tertiary/aromatic N) is 1. The molecule has 1 heterocycles. The summed E-state index contributed by atoms with van der Waals surface area (Å²) < 4.78 is 0. The van der Waals surface area contributed by atoms with Crippen molar-refractivity contribution in [1.82, 2.24) is 4.98 Å². The predicted molar refractivity (Wildman–Crippen MR) is 90.7 cm³/mol. The molecule has 3 heteroatoms. The summed E-state index contributed by atoms with van der Waals surface area (Å²) in [5.41, 5.74) is 4.99. The summed E-state index contributed by atoms with van der Waals surface area (Å²) in [6.07, 6.45) is 2.93. The topological polar surface area (TPSA) is 24.9 Å². The summed E-state index contributed by atoms with van der Waals surface area (Å²) in [4.78, 5) is 4.32. The summed E-state index contributed by atoms with van der Waals surface area (Å²) in [5, 5.41) is 6.52. The molecule has 0 amide bonds. The third kappa shape index (κ3) is 3.50. The van der Waals surface area contributed by atoms with Crippen LogP contribution in [0.2, 0.25) is 0 Å². The largest absolute Gasteiger partial charge is 0.381 e. The van der Waals surface area contributed by atoms with Crippen LogP contribution in [0.25, 0.3) is 10.6 Å². The van der Waals surface area contributed by atoms with Crippen LogP contribution in [0.1, 0.15) is 18.1 Å². The van der Waals surface area contributed by atoms with E-state index in [0.717, 1.165) is 23.7 Å². The molecule has 1 N–H and O–H groups in total. The summed E-state index contributed by atoms with van der Waals surface area (Å²) in [6, 6.07) is 17.2. The fourth-order valence-corrected chi connectivity index (χ4v) is 2.84. The Balaban J connectivity index is 1.62. The molecule has 3 aromatic rings. The van der Waals surface area contributed by atoms with E-state index in [4.69, 9.17) is 0 Å². The van der Waals surface area contributed by atoms with Crippen molar-refractivity contribution in [2.75, 3.05) is 5.32 Å². The monoisotopic (exact) mass is 294 g/mol. The van der Waals surface area contributed by atoms with Gasteiger partial charge in [0.05, 0.1) is 0 Å². The minimum atomic E-state index is 0.848. The lowest BCUT2D eigenvalue weighted by Crippen LogP contribution is -1.99. The maximum absolute atomic E-state index is 4.32. The van der Waals surface area contributed by atoms with E-state index in [9.17, 15) is 0 Å². The maximum atomic E-state index is 4.32. The van der Waals surface area contributed by atoms with Crippen LogP contribution in [0, 0.1) is 0 Å². The van der Waals surface area contributed by atoms with Gasteiger partial charge >= 0.3 is 0 Å². The van der Waals surface area contributed by atoms with Crippen molar-refractivity contribution in [3.8, 4) is 10.6 Å². The summed E-state index contributed by atoms with van der Waals surface area (Å²) >= 11 is 1.66. The van der Waals surface area contributed by atoms with Crippen LogP contribution in [0.15, 0.2) is 60.1 Å². The van der Waals surface area contributed by atoms with Crippen LogP contribution in [0.5, 0.6) is 0 Å². The maximum Gasteiger partial charge on any atom is 0.123 e. The van der Waals surface area contributed by atoms with Crippen molar-refractivity contribution in [3.05, 3.63) is 71.2 Å². The van der Waals surface area contributed by atoms with Gasteiger partial charge < -0.3 is 5.32 Å². The number of hydrogen-bond donors (Lipinski definition) is 1. The second-order valence-electron chi connectivity index (χ2n) is 4.94. The van der Waals surface area contributed by atoms with Gasteiger partial charge in [-0.25, -0.2) is 4.98 Å². The first-order valence-corrected chi connectivity index (χ1v) is 8.05. The highest BCUT2D eigenvalue weighted by Gasteiger charge is 2.00. The number of anilines is 1. The van der Waals surface area contributed by atoms with E-state index in [-0.39, 0.29) is 0 Å². The molecule has 0 saturated heterocycles. The van der Waals surface area contributed by atoms with Gasteiger partial charge in [-0.3, -0.25) is 0 Å². The molecular formula is C18H18N2S. The van der Waals surface area contributed by atoms with Crippen LogP contribution < -0.4 is 5.32 Å². The van der Waals surface area contributed by atoms with E-state index in [1.165, 1.54) is 16.7 Å². The zero-order valence-corrected chi connectivity index (χ0v) is 12.9. The summed E-state index contributed by atoms with van der Waals surface area (Å²) in [7, 11) is 0. The molecule has 2 nitrogen and oxygen atoms in total. The van der Waals surface area contributed by atoms with Gasteiger partial charge in [0, 0.05) is 29.4 Å². The molecule has 0 radical (unpaired) electrons. The van der Waals surface area contributed by atoms with Gasteiger partial charge in [-0.1, -0.05) is 31.2 Å². The number of thiazole rings is 1. The molecule has 0 spiro atoms. The van der Waals surface area contributed by atoms with Crippen molar-refractivity contribution >= 4 is 17.0 Å². The van der Waals surface area contributed by atoms with Crippen LogP contribution in [-0.4, -0.2) is 4.98 Å². The lowest BCUT2D eigenvalue weighted by molar-refractivity contribution is 1.11. The second-order valence-corrected chi connectivity index (χ2v) is 5.83. The Labute approximate surface area is 129 Å². The fourth-order valence-electron chi connectivity index (χ4n) is 2.19. The summed E-state index contributed by atoms with van der Waals surface area (Å²) in [6.45, 7) is 3.03. The average Bonchev–Trinajstić information content (AvgIpc) is 3.08. The third-order valence-electron chi connectivity index (χ3n) is 3.49. The molecule has 1 aromatic heterocycles. The standard InChI is InChI=1S/C18H18N2S/c1-2-14-3-5-15(6-4-14)13-20-17-9-7-16(8-10-17)18-19-11-12-21-18/h3-12,20H,2,13H2,1H3. The molecule has 0 bridgehead atoms. The SMILES string of the molecule is CCc1ccc(CNc2ccc(-c3nccs3)cc2)cc1. The van der Waals surface area contributed by atoms with Gasteiger partial charge in [0.2, 0.25) is 0 Å². The molecule has 0 aliphatic carbocycles. The highest BCUT2D eigenvalue weighted by atomic mass is 32.1. The lowest BCUT2D eigenvalue weighted by Gasteiger charge is -2.08. The van der Waals surface area contributed by atoms with Gasteiger partial charge in [0.15, 0.2) is 0 Å². The van der Waals surface area contributed by atoms with Crippen LogP contribution in [0.3, 0.4) is 0 Å². The van der Waals surface area contributed by atoms with Crippen LogP contribution in [0.4, 0.5) is 5.69 Å². The molecule has 106 valence electrons.